The lowest BCUT2D eigenvalue weighted by Gasteiger charge is -2.21. The van der Waals surface area contributed by atoms with Gasteiger partial charge >= 0.3 is 0 Å². The summed E-state index contributed by atoms with van der Waals surface area (Å²) in [7, 11) is 0. The number of nitrogens with zero attached hydrogens (tertiary/aromatic N) is 3. The number of thiophene rings is 1. The first-order valence-electron chi connectivity index (χ1n) is 6.26. The van der Waals surface area contributed by atoms with Gasteiger partial charge < -0.3 is 5.32 Å². The fraction of sp³-hybridized carbons (Fsp3) is 0.462. The first-order valence-corrected chi connectivity index (χ1v) is 7.14. The van der Waals surface area contributed by atoms with E-state index in [9.17, 15) is 4.79 Å². The van der Waals surface area contributed by atoms with Gasteiger partial charge in [0.1, 0.15) is 0 Å². The van der Waals surface area contributed by atoms with Gasteiger partial charge in [0.2, 0.25) is 0 Å². The molecule has 2 rings (SSSR count). The Labute approximate surface area is 116 Å². The van der Waals surface area contributed by atoms with Gasteiger partial charge in [-0.25, -0.2) is 0 Å². The van der Waals surface area contributed by atoms with Gasteiger partial charge in [-0.05, 0) is 29.9 Å². The van der Waals surface area contributed by atoms with E-state index in [2.05, 4.69) is 29.5 Å². The van der Waals surface area contributed by atoms with Crippen molar-refractivity contribution in [2.24, 2.45) is 5.92 Å². The van der Waals surface area contributed by atoms with Crippen LogP contribution in [0.15, 0.2) is 23.8 Å². The highest BCUT2D eigenvalue weighted by atomic mass is 32.1. The van der Waals surface area contributed by atoms with Gasteiger partial charge in [-0.15, -0.1) is 16.4 Å². The molecule has 0 spiro atoms. The van der Waals surface area contributed by atoms with Crippen molar-refractivity contribution in [2.75, 3.05) is 0 Å². The second kappa shape index (κ2) is 5.97. The zero-order valence-corrected chi connectivity index (χ0v) is 12.1. The van der Waals surface area contributed by atoms with Crippen LogP contribution in [0.2, 0.25) is 0 Å². The summed E-state index contributed by atoms with van der Waals surface area (Å²) in [5.41, 5.74) is 1.12. The molecule has 0 unspecified atom stereocenters. The van der Waals surface area contributed by atoms with E-state index in [-0.39, 0.29) is 11.9 Å². The van der Waals surface area contributed by atoms with Crippen LogP contribution in [0.1, 0.15) is 29.1 Å². The minimum Gasteiger partial charge on any atom is -0.346 e. The number of carbonyl (C=O) groups excluding carboxylic acids is 1. The summed E-state index contributed by atoms with van der Waals surface area (Å²) in [6.07, 6.45) is 3.44. The second-order valence-corrected chi connectivity index (χ2v) is 5.85. The van der Waals surface area contributed by atoms with Crippen LogP contribution in [0.25, 0.3) is 0 Å². The van der Waals surface area contributed by atoms with Crippen LogP contribution in [0.3, 0.4) is 0 Å². The predicted octanol–water partition coefficient (Wildman–Crippen LogP) is 2.10. The van der Waals surface area contributed by atoms with E-state index in [1.807, 2.05) is 18.4 Å². The number of aromatic nitrogens is 3. The molecule has 1 amide bonds. The van der Waals surface area contributed by atoms with E-state index in [0.717, 1.165) is 10.4 Å². The van der Waals surface area contributed by atoms with Gasteiger partial charge in [-0.1, -0.05) is 19.1 Å². The van der Waals surface area contributed by atoms with Gasteiger partial charge in [0.15, 0.2) is 0 Å². The van der Waals surface area contributed by atoms with Crippen molar-refractivity contribution in [2.45, 2.75) is 33.4 Å². The average molecular weight is 278 g/mol. The monoisotopic (exact) mass is 278 g/mol. The third kappa shape index (κ3) is 3.64. The predicted molar refractivity (Wildman–Crippen MR) is 75.2 cm³/mol. The maximum atomic E-state index is 12.2. The molecule has 0 aliphatic heterocycles. The van der Waals surface area contributed by atoms with Crippen molar-refractivity contribution < 1.29 is 4.79 Å². The van der Waals surface area contributed by atoms with E-state index in [1.165, 1.54) is 11.3 Å². The Morgan fingerprint density at radius 1 is 1.53 bits per heavy atom. The summed E-state index contributed by atoms with van der Waals surface area (Å²) in [6.45, 7) is 6.79. The molecule has 0 saturated carbocycles. The molecule has 0 radical (unpaired) electrons. The first kappa shape index (κ1) is 13.7. The van der Waals surface area contributed by atoms with Crippen molar-refractivity contribution in [3.63, 3.8) is 0 Å². The largest absolute Gasteiger partial charge is 0.346 e. The molecule has 0 aliphatic rings. The normalized spacial score (nSPS) is 12.6. The van der Waals surface area contributed by atoms with Crippen LogP contribution < -0.4 is 5.32 Å². The summed E-state index contributed by atoms with van der Waals surface area (Å²) in [5, 5.41) is 12.8. The molecular formula is C13H18N4OS. The van der Waals surface area contributed by atoms with Gasteiger partial charge in [0.25, 0.3) is 5.91 Å². The minimum absolute atomic E-state index is 0.0167. The number of hydrogen-bond acceptors (Lipinski definition) is 4. The van der Waals surface area contributed by atoms with Crippen LogP contribution in [0.5, 0.6) is 0 Å². The molecule has 2 aromatic rings. The van der Waals surface area contributed by atoms with Crippen LogP contribution >= 0.6 is 11.3 Å². The number of rotatable bonds is 5. The highest BCUT2D eigenvalue weighted by molar-refractivity contribution is 7.12. The summed E-state index contributed by atoms with van der Waals surface area (Å²) in [5.74, 6) is 0.311. The van der Waals surface area contributed by atoms with E-state index >= 15 is 0 Å². The lowest BCUT2D eigenvalue weighted by atomic mass is 10.0. The van der Waals surface area contributed by atoms with E-state index in [0.29, 0.717) is 12.5 Å². The maximum absolute atomic E-state index is 12.2. The van der Waals surface area contributed by atoms with Crippen molar-refractivity contribution >= 4 is 17.2 Å². The SMILES string of the molecule is Cc1csc(C(=O)N[C@@H](Cn2ccnn2)C(C)C)c1. The van der Waals surface area contributed by atoms with Gasteiger partial charge in [0, 0.05) is 6.20 Å². The zero-order valence-electron chi connectivity index (χ0n) is 11.3. The Morgan fingerprint density at radius 2 is 2.32 bits per heavy atom. The topological polar surface area (TPSA) is 59.8 Å². The standard InChI is InChI=1S/C13H18N4OS/c1-9(2)11(7-17-5-4-14-16-17)15-13(18)12-6-10(3)8-19-12/h4-6,8-9,11H,7H2,1-3H3,(H,15,18)/t11-/m0/s1. The molecular weight excluding hydrogens is 260 g/mol. The van der Waals surface area contributed by atoms with Crippen molar-refractivity contribution in [1.82, 2.24) is 20.3 Å². The smallest absolute Gasteiger partial charge is 0.261 e. The molecule has 5 nitrogen and oxygen atoms in total. The maximum Gasteiger partial charge on any atom is 0.261 e. The Balaban J connectivity index is 2.02. The van der Waals surface area contributed by atoms with Crippen molar-refractivity contribution in [1.29, 1.82) is 0 Å². The fourth-order valence-corrected chi connectivity index (χ4v) is 2.55. The summed E-state index contributed by atoms with van der Waals surface area (Å²) in [4.78, 5) is 12.9. The third-order valence-electron chi connectivity index (χ3n) is 2.93. The highest BCUT2D eigenvalue weighted by Crippen LogP contribution is 2.14. The number of amides is 1. The second-order valence-electron chi connectivity index (χ2n) is 4.94. The Kier molecular flexibility index (Phi) is 4.31. The van der Waals surface area contributed by atoms with E-state index in [1.54, 1.807) is 17.1 Å². The van der Waals surface area contributed by atoms with Crippen LogP contribution in [0.4, 0.5) is 0 Å². The number of hydrogen-bond donors (Lipinski definition) is 1. The molecule has 1 atom stereocenters. The molecule has 2 heterocycles. The first-order chi connectivity index (χ1) is 9.06. The molecule has 0 aromatic carbocycles. The summed E-state index contributed by atoms with van der Waals surface area (Å²) >= 11 is 1.47. The molecule has 102 valence electrons. The average Bonchev–Trinajstić information content (AvgIpc) is 2.99. The summed E-state index contributed by atoms with van der Waals surface area (Å²) in [6, 6.07) is 1.95. The van der Waals surface area contributed by atoms with Gasteiger partial charge in [0.05, 0.1) is 23.7 Å². The zero-order chi connectivity index (χ0) is 13.8. The molecule has 6 heteroatoms. The lowest BCUT2D eigenvalue weighted by molar-refractivity contribution is 0.0923. The molecule has 0 saturated heterocycles. The van der Waals surface area contributed by atoms with E-state index in [4.69, 9.17) is 0 Å². The molecule has 2 aromatic heterocycles. The van der Waals surface area contributed by atoms with Crippen LogP contribution in [-0.4, -0.2) is 26.9 Å². The highest BCUT2D eigenvalue weighted by Gasteiger charge is 2.18. The molecule has 0 aliphatic carbocycles. The quantitative estimate of drug-likeness (QED) is 0.911. The third-order valence-corrected chi connectivity index (χ3v) is 3.98. The molecule has 0 bridgehead atoms. The molecule has 1 N–H and O–H groups in total. The van der Waals surface area contributed by atoms with E-state index < -0.39 is 0 Å². The van der Waals surface area contributed by atoms with Crippen molar-refractivity contribution in [3.8, 4) is 0 Å². The van der Waals surface area contributed by atoms with Gasteiger partial charge in [-0.3, -0.25) is 9.48 Å². The van der Waals surface area contributed by atoms with Crippen molar-refractivity contribution in [3.05, 3.63) is 34.3 Å². The number of nitrogens with one attached hydrogen (secondary N) is 1. The molecule has 0 fully saturated rings. The van der Waals surface area contributed by atoms with Gasteiger partial charge in [-0.2, -0.15) is 0 Å². The summed E-state index contributed by atoms with van der Waals surface area (Å²) < 4.78 is 1.74. The molecule has 19 heavy (non-hydrogen) atoms. The Bertz CT molecular complexity index is 533. The Hall–Kier alpha value is -1.69. The minimum atomic E-state index is -0.0167. The Morgan fingerprint density at radius 3 is 2.84 bits per heavy atom. The lowest BCUT2D eigenvalue weighted by Crippen LogP contribution is -2.41. The van der Waals surface area contributed by atoms with Crippen LogP contribution in [-0.2, 0) is 6.54 Å². The number of carbonyl (C=O) groups is 1. The number of aryl methyl sites for hydroxylation is 1. The van der Waals surface area contributed by atoms with Crippen LogP contribution in [0, 0.1) is 12.8 Å². The fourth-order valence-electron chi connectivity index (χ4n) is 1.74.